The summed E-state index contributed by atoms with van der Waals surface area (Å²) in [6, 6.07) is 0. The van der Waals surface area contributed by atoms with Crippen molar-refractivity contribution in [2.45, 2.75) is 0 Å². The zero-order chi connectivity index (χ0) is 7.82. The van der Waals surface area contributed by atoms with Crippen LogP contribution in [0, 0.1) is 0 Å². The summed E-state index contributed by atoms with van der Waals surface area (Å²) >= 11 is 0. The summed E-state index contributed by atoms with van der Waals surface area (Å²) in [7, 11) is 0. The van der Waals surface area contributed by atoms with Gasteiger partial charge in [-0.05, 0) is 6.08 Å². The first-order chi connectivity index (χ1) is 4.77. The molecule has 4 nitrogen and oxygen atoms in total. The maximum Gasteiger partial charge on any atom is 0.240 e. The molecule has 10 heavy (non-hydrogen) atoms. The van der Waals surface area contributed by atoms with Crippen LogP contribution in [-0.2, 0) is 9.53 Å². The van der Waals surface area contributed by atoms with E-state index in [2.05, 4.69) is 22.0 Å². The second kappa shape index (κ2) is 5.81. The fourth-order valence-corrected chi connectivity index (χ4v) is 0.264. The Morgan fingerprint density at radius 2 is 2.50 bits per heavy atom. The number of rotatable bonds is 1. The first kappa shape index (κ1) is 8.68. The lowest BCUT2D eigenvalue weighted by Crippen LogP contribution is -2.04. The van der Waals surface area contributed by atoms with Crippen LogP contribution in [0.2, 0.25) is 0 Å². The van der Waals surface area contributed by atoms with Crippen LogP contribution < -0.4 is 5.73 Å². The van der Waals surface area contributed by atoms with Gasteiger partial charge in [0.15, 0.2) is 6.40 Å². The summed E-state index contributed by atoms with van der Waals surface area (Å²) < 4.78 is 4.65. The summed E-state index contributed by atoms with van der Waals surface area (Å²) in [5, 5.41) is 0. The van der Waals surface area contributed by atoms with Crippen molar-refractivity contribution in [3.05, 3.63) is 12.7 Å². The van der Waals surface area contributed by atoms with Gasteiger partial charge in [0.25, 0.3) is 0 Å². The van der Waals surface area contributed by atoms with Gasteiger partial charge >= 0.3 is 0 Å². The van der Waals surface area contributed by atoms with Crippen molar-refractivity contribution in [1.29, 1.82) is 0 Å². The second-order valence-electron chi connectivity index (χ2n) is 1.49. The molecule has 4 heteroatoms. The van der Waals surface area contributed by atoms with Gasteiger partial charge < -0.3 is 10.5 Å². The van der Waals surface area contributed by atoms with E-state index in [1.54, 1.807) is 0 Å². The minimum absolute atomic E-state index is 0.481. The first-order valence-electron chi connectivity index (χ1n) is 2.79. The Hall–Kier alpha value is -1.32. The maximum atomic E-state index is 9.47. The molecule has 1 aliphatic heterocycles. The Labute approximate surface area is 59.4 Å². The molecule has 0 aromatic rings. The van der Waals surface area contributed by atoms with Gasteiger partial charge in [-0.1, -0.05) is 6.58 Å². The fourth-order valence-electron chi connectivity index (χ4n) is 0.264. The molecule has 1 amide bonds. The predicted octanol–water partition coefficient (Wildman–Crippen LogP) is -0.297. The Balaban J connectivity index is 0.000000162. The quantitative estimate of drug-likeness (QED) is 0.511. The molecule has 0 aromatic heterocycles. The van der Waals surface area contributed by atoms with E-state index in [4.69, 9.17) is 0 Å². The molecule has 0 saturated heterocycles. The number of hydrogen-bond acceptors (Lipinski definition) is 3. The summed E-state index contributed by atoms with van der Waals surface area (Å²) in [6.07, 6.45) is 2.54. The highest BCUT2D eigenvalue weighted by Crippen LogP contribution is 1.78. The molecule has 0 bridgehead atoms. The van der Waals surface area contributed by atoms with Gasteiger partial charge in [0.05, 0.1) is 6.54 Å². The summed E-state index contributed by atoms with van der Waals surface area (Å²) in [5.41, 5.74) is 4.53. The third kappa shape index (κ3) is 6.68. The van der Waals surface area contributed by atoms with Crippen LogP contribution in [0.25, 0.3) is 0 Å². The number of aliphatic imine (C=N–C) groups is 1. The topological polar surface area (TPSA) is 64.7 Å². The van der Waals surface area contributed by atoms with E-state index in [9.17, 15) is 4.79 Å². The minimum atomic E-state index is -0.481. The third-order valence-corrected chi connectivity index (χ3v) is 0.688. The number of primary amides is 1. The van der Waals surface area contributed by atoms with Crippen molar-refractivity contribution in [3.63, 3.8) is 0 Å². The Bertz CT molecular complexity index is 137. The number of amides is 1. The van der Waals surface area contributed by atoms with E-state index in [1.807, 2.05) is 0 Å². The van der Waals surface area contributed by atoms with Crippen LogP contribution in [0.5, 0.6) is 0 Å². The van der Waals surface area contributed by atoms with Crippen molar-refractivity contribution >= 4 is 12.3 Å². The molecular weight excluding hydrogens is 132 g/mol. The zero-order valence-electron chi connectivity index (χ0n) is 5.62. The normalized spacial score (nSPS) is 12.8. The van der Waals surface area contributed by atoms with Crippen molar-refractivity contribution in [1.82, 2.24) is 0 Å². The summed E-state index contributed by atoms with van der Waals surface area (Å²) in [6.45, 7) is 4.71. The molecular formula is C6H10N2O2. The highest BCUT2D eigenvalue weighted by atomic mass is 16.5. The van der Waals surface area contributed by atoms with Crippen LogP contribution in [-0.4, -0.2) is 25.5 Å². The van der Waals surface area contributed by atoms with E-state index in [0.29, 0.717) is 0 Å². The lowest BCUT2D eigenvalue weighted by molar-refractivity contribution is -0.113. The van der Waals surface area contributed by atoms with E-state index >= 15 is 0 Å². The van der Waals surface area contributed by atoms with Gasteiger partial charge in [0.2, 0.25) is 5.91 Å². The highest BCUT2D eigenvalue weighted by molar-refractivity contribution is 5.84. The Kier molecular flexibility index (Phi) is 5.04. The van der Waals surface area contributed by atoms with Gasteiger partial charge in [-0.15, -0.1) is 0 Å². The van der Waals surface area contributed by atoms with Crippen LogP contribution in [0.15, 0.2) is 17.6 Å². The van der Waals surface area contributed by atoms with Gasteiger partial charge in [-0.25, -0.2) is 0 Å². The first-order valence-corrected chi connectivity index (χ1v) is 2.79. The number of carbonyl (C=O) groups is 1. The molecule has 0 aromatic carbocycles. The SMILES string of the molecule is C1=NCCO1.C=CC(N)=O. The predicted molar refractivity (Wildman–Crippen MR) is 38.7 cm³/mol. The van der Waals surface area contributed by atoms with Gasteiger partial charge in [-0.3, -0.25) is 9.79 Å². The molecule has 0 unspecified atom stereocenters. The van der Waals surface area contributed by atoms with Gasteiger partial charge in [0, 0.05) is 0 Å². The molecule has 0 atom stereocenters. The molecule has 1 heterocycles. The van der Waals surface area contributed by atoms with E-state index in [-0.39, 0.29) is 0 Å². The monoisotopic (exact) mass is 142 g/mol. The molecule has 0 spiro atoms. The average molecular weight is 142 g/mol. The highest BCUT2D eigenvalue weighted by Gasteiger charge is 1.84. The third-order valence-electron chi connectivity index (χ3n) is 0.688. The molecule has 0 fully saturated rings. The molecule has 0 saturated carbocycles. The molecule has 0 radical (unpaired) electrons. The standard InChI is InChI=1S/2C3H5NO/c1-2-5-3-4-1;1-2-3(4)5/h3H,1-2H2;2H,1H2,(H2,4,5). The lowest BCUT2D eigenvalue weighted by Gasteiger charge is -1.76. The lowest BCUT2D eigenvalue weighted by atomic mass is 10.6. The molecule has 1 rings (SSSR count). The van der Waals surface area contributed by atoms with E-state index in [0.717, 1.165) is 19.2 Å². The maximum absolute atomic E-state index is 9.47. The smallest absolute Gasteiger partial charge is 0.240 e. The number of carbonyl (C=O) groups excluding carboxylic acids is 1. The van der Waals surface area contributed by atoms with Crippen molar-refractivity contribution in [2.75, 3.05) is 13.2 Å². The van der Waals surface area contributed by atoms with Crippen molar-refractivity contribution in [2.24, 2.45) is 10.7 Å². The number of nitrogens with two attached hydrogens (primary N) is 1. The van der Waals surface area contributed by atoms with Crippen molar-refractivity contribution < 1.29 is 9.53 Å². The number of nitrogens with zero attached hydrogens (tertiary/aromatic N) is 1. The Morgan fingerprint density at radius 3 is 2.60 bits per heavy atom. The minimum Gasteiger partial charge on any atom is -0.482 e. The summed E-state index contributed by atoms with van der Waals surface area (Å²) in [5.74, 6) is -0.481. The second-order valence-corrected chi connectivity index (χ2v) is 1.49. The molecule has 0 aliphatic carbocycles. The Morgan fingerprint density at radius 1 is 1.90 bits per heavy atom. The van der Waals surface area contributed by atoms with Gasteiger partial charge in [0.1, 0.15) is 6.61 Å². The largest absolute Gasteiger partial charge is 0.482 e. The van der Waals surface area contributed by atoms with E-state index < -0.39 is 5.91 Å². The number of ether oxygens (including phenoxy) is 1. The van der Waals surface area contributed by atoms with Crippen molar-refractivity contribution in [3.8, 4) is 0 Å². The van der Waals surface area contributed by atoms with Crippen LogP contribution in [0.3, 0.4) is 0 Å². The van der Waals surface area contributed by atoms with Crippen LogP contribution in [0.1, 0.15) is 0 Å². The van der Waals surface area contributed by atoms with E-state index in [1.165, 1.54) is 6.40 Å². The molecule has 2 N–H and O–H groups in total. The van der Waals surface area contributed by atoms with Crippen LogP contribution >= 0.6 is 0 Å². The zero-order valence-corrected chi connectivity index (χ0v) is 5.62. The molecule has 1 aliphatic rings. The number of hydrogen-bond donors (Lipinski definition) is 1. The fraction of sp³-hybridized carbons (Fsp3) is 0.333. The van der Waals surface area contributed by atoms with Gasteiger partial charge in [-0.2, -0.15) is 0 Å². The molecule has 56 valence electrons. The average Bonchev–Trinajstić information content (AvgIpc) is 2.43. The van der Waals surface area contributed by atoms with Crippen LogP contribution in [0.4, 0.5) is 0 Å². The summed E-state index contributed by atoms with van der Waals surface area (Å²) in [4.78, 5) is 13.2.